The maximum Gasteiger partial charge on any atom is 0.290 e. The van der Waals surface area contributed by atoms with Crippen LogP contribution in [0.2, 0.25) is 0 Å². The van der Waals surface area contributed by atoms with Gasteiger partial charge in [-0.3, -0.25) is 19.7 Å². The lowest BCUT2D eigenvalue weighted by Crippen LogP contribution is -2.38. The van der Waals surface area contributed by atoms with Crippen LogP contribution in [0.4, 0.5) is 5.69 Å². The number of nitro benzene ring substituents is 1. The molecule has 0 spiro atoms. The van der Waals surface area contributed by atoms with Crippen LogP contribution in [-0.4, -0.2) is 62.7 Å². The Morgan fingerprint density at radius 2 is 1.88 bits per heavy atom. The fourth-order valence-corrected chi connectivity index (χ4v) is 4.77. The number of amides is 1. The average molecular weight is 459 g/mol. The van der Waals surface area contributed by atoms with E-state index < -0.39 is 28.4 Å². The molecule has 170 valence electrons. The van der Waals surface area contributed by atoms with E-state index in [0.717, 1.165) is 13.1 Å². The molecule has 2 heterocycles. The summed E-state index contributed by atoms with van der Waals surface area (Å²) in [5.74, 6) is -1.65. The Morgan fingerprint density at radius 1 is 1.25 bits per heavy atom. The minimum atomic E-state index is -0.840. The highest BCUT2D eigenvalue weighted by Gasteiger charge is 2.44. The Hall–Kier alpha value is -3.11. The average Bonchev–Trinajstić information content (AvgIpc) is 3.24. The number of aryl methyl sites for hydroxylation is 2. The molecular formula is C22H26N4O5S. The molecule has 1 unspecified atom stereocenters. The van der Waals surface area contributed by atoms with Gasteiger partial charge in [0.2, 0.25) is 5.78 Å². The Kier molecular flexibility index (Phi) is 7.05. The van der Waals surface area contributed by atoms with Crippen LogP contribution in [0.5, 0.6) is 0 Å². The minimum Gasteiger partial charge on any atom is -0.503 e. The monoisotopic (exact) mass is 458 g/mol. The predicted octanol–water partition coefficient (Wildman–Crippen LogP) is 3.59. The van der Waals surface area contributed by atoms with E-state index in [1.54, 1.807) is 13.8 Å². The van der Waals surface area contributed by atoms with Crippen molar-refractivity contribution in [2.45, 2.75) is 33.7 Å². The van der Waals surface area contributed by atoms with Crippen LogP contribution < -0.4 is 0 Å². The van der Waals surface area contributed by atoms with Crippen LogP contribution in [-0.2, 0) is 4.79 Å². The van der Waals surface area contributed by atoms with Gasteiger partial charge >= 0.3 is 0 Å². The van der Waals surface area contributed by atoms with Gasteiger partial charge in [0, 0.05) is 25.2 Å². The van der Waals surface area contributed by atoms with Crippen molar-refractivity contribution >= 4 is 28.7 Å². The number of nitro groups is 1. The molecule has 0 fully saturated rings. The van der Waals surface area contributed by atoms with Crippen LogP contribution in [0.25, 0.3) is 0 Å². The van der Waals surface area contributed by atoms with E-state index in [2.05, 4.69) is 9.88 Å². The molecule has 2 aromatic rings. The Balaban J connectivity index is 2.05. The number of carbonyl (C=O) groups is 2. The number of Topliss-reactive ketones (excluding diaryl/α,β-unsaturated/α-hetero) is 1. The highest BCUT2D eigenvalue weighted by molar-refractivity contribution is 7.14. The first-order chi connectivity index (χ1) is 15.2. The van der Waals surface area contributed by atoms with Gasteiger partial charge < -0.3 is 14.9 Å². The second-order valence-corrected chi connectivity index (χ2v) is 8.72. The molecule has 0 saturated carbocycles. The van der Waals surface area contributed by atoms with Gasteiger partial charge in [0.15, 0.2) is 5.76 Å². The zero-order chi connectivity index (χ0) is 23.6. The first-order valence-corrected chi connectivity index (χ1v) is 11.2. The molecule has 9 nitrogen and oxygen atoms in total. The highest BCUT2D eigenvalue weighted by Crippen LogP contribution is 2.40. The molecule has 0 bridgehead atoms. The number of likely N-dealkylation sites (N-methyl/N-ethyl adjacent to an activating group) is 1. The molecule has 1 aliphatic heterocycles. The fraction of sp³-hybridized carbons (Fsp3) is 0.409. The van der Waals surface area contributed by atoms with Crippen molar-refractivity contribution in [1.29, 1.82) is 0 Å². The number of non-ortho nitro benzene ring substituents is 1. The number of aromatic nitrogens is 1. The van der Waals surface area contributed by atoms with E-state index in [1.165, 1.54) is 40.5 Å². The van der Waals surface area contributed by atoms with Crippen molar-refractivity contribution in [3.05, 3.63) is 66.9 Å². The SMILES string of the molecule is CCN(CC)CCN1C(=O)C(O)=C(C(=O)c2sc(C)nc2C)C1c1ccc([N+](=O)[O-])cc1. The number of aliphatic hydroxyl groups excluding tert-OH is 1. The molecule has 32 heavy (non-hydrogen) atoms. The zero-order valence-corrected chi connectivity index (χ0v) is 19.3. The van der Waals surface area contributed by atoms with Crippen LogP contribution in [0.1, 0.15) is 45.8 Å². The second-order valence-electron chi connectivity index (χ2n) is 7.52. The largest absolute Gasteiger partial charge is 0.503 e. The van der Waals surface area contributed by atoms with E-state index in [1.807, 2.05) is 13.8 Å². The van der Waals surface area contributed by atoms with Gasteiger partial charge in [-0.05, 0) is 44.6 Å². The van der Waals surface area contributed by atoms with E-state index >= 15 is 0 Å². The van der Waals surface area contributed by atoms with Crippen LogP contribution >= 0.6 is 11.3 Å². The maximum absolute atomic E-state index is 13.4. The molecule has 1 aromatic carbocycles. The molecule has 1 atom stereocenters. The summed E-state index contributed by atoms with van der Waals surface area (Å²) in [6.45, 7) is 9.98. The summed E-state index contributed by atoms with van der Waals surface area (Å²) < 4.78 is 0. The molecule has 1 N–H and O–H groups in total. The number of hydrogen-bond donors (Lipinski definition) is 1. The van der Waals surface area contributed by atoms with Crippen molar-refractivity contribution in [1.82, 2.24) is 14.8 Å². The van der Waals surface area contributed by atoms with Gasteiger partial charge in [0.1, 0.15) is 0 Å². The van der Waals surface area contributed by atoms with Crippen molar-refractivity contribution in [3.63, 3.8) is 0 Å². The molecule has 0 aliphatic carbocycles. The Morgan fingerprint density at radius 3 is 2.38 bits per heavy atom. The number of aliphatic hydroxyl groups is 1. The lowest BCUT2D eigenvalue weighted by Gasteiger charge is -2.29. The second kappa shape index (κ2) is 9.58. The molecule has 0 saturated heterocycles. The molecule has 1 aromatic heterocycles. The van der Waals surface area contributed by atoms with Crippen molar-refractivity contribution in [3.8, 4) is 0 Å². The molecule has 1 aliphatic rings. The summed E-state index contributed by atoms with van der Waals surface area (Å²) in [6, 6.07) is 4.88. The number of rotatable bonds is 9. The summed E-state index contributed by atoms with van der Waals surface area (Å²) in [6.07, 6.45) is 0. The van der Waals surface area contributed by atoms with E-state index in [4.69, 9.17) is 0 Å². The van der Waals surface area contributed by atoms with Crippen molar-refractivity contribution < 1.29 is 19.6 Å². The first kappa shape index (κ1) is 23.6. The third kappa shape index (κ3) is 4.42. The maximum atomic E-state index is 13.4. The quantitative estimate of drug-likeness (QED) is 0.347. The van der Waals surface area contributed by atoms with Crippen LogP contribution in [0.3, 0.4) is 0 Å². The number of thiazole rings is 1. The van der Waals surface area contributed by atoms with Gasteiger partial charge in [-0.15, -0.1) is 11.3 Å². The normalized spacial score (nSPS) is 16.3. The first-order valence-electron chi connectivity index (χ1n) is 10.4. The third-order valence-corrected chi connectivity index (χ3v) is 6.70. The molecule has 3 rings (SSSR count). The van der Waals surface area contributed by atoms with Crippen LogP contribution in [0, 0.1) is 24.0 Å². The Labute approximate surface area is 190 Å². The number of benzene rings is 1. The van der Waals surface area contributed by atoms with E-state index in [-0.39, 0.29) is 11.3 Å². The van der Waals surface area contributed by atoms with Gasteiger partial charge in [0.05, 0.1) is 32.1 Å². The molecule has 10 heteroatoms. The van der Waals surface area contributed by atoms with Crippen molar-refractivity contribution in [2.75, 3.05) is 26.2 Å². The number of ketones is 1. The smallest absolute Gasteiger partial charge is 0.290 e. The highest BCUT2D eigenvalue weighted by atomic mass is 32.1. The summed E-state index contributed by atoms with van der Waals surface area (Å²) in [5, 5.41) is 22.5. The zero-order valence-electron chi connectivity index (χ0n) is 18.5. The standard InChI is InChI=1S/C22H26N4O5S/c1-5-24(6-2)11-12-25-18(15-7-9-16(10-8-15)26(30)31)17(20(28)22(25)29)19(27)21-13(3)23-14(4)32-21/h7-10,18,28H,5-6,11-12H2,1-4H3. The van der Waals surface area contributed by atoms with E-state index in [9.17, 15) is 24.8 Å². The molecule has 1 amide bonds. The van der Waals surface area contributed by atoms with Crippen LogP contribution in [0.15, 0.2) is 35.6 Å². The third-order valence-electron chi connectivity index (χ3n) is 5.63. The predicted molar refractivity (Wildman–Crippen MR) is 121 cm³/mol. The summed E-state index contributed by atoms with van der Waals surface area (Å²) in [5.41, 5.74) is 0.946. The van der Waals surface area contributed by atoms with Gasteiger partial charge in [0.25, 0.3) is 11.6 Å². The number of nitrogens with zero attached hydrogens (tertiary/aromatic N) is 4. The summed E-state index contributed by atoms with van der Waals surface area (Å²) in [4.78, 5) is 45.3. The summed E-state index contributed by atoms with van der Waals surface area (Å²) >= 11 is 1.21. The lowest BCUT2D eigenvalue weighted by molar-refractivity contribution is -0.384. The van der Waals surface area contributed by atoms with Gasteiger partial charge in [-0.1, -0.05) is 13.8 Å². The molecule has 0 radical (unpaired) electrons. The lowest BCUT2D eigenvalue weighted by atomic mass is 9.95. The van der Waals surface area contributed by atoms with Gasteiger partial charge in [-0.25, -0.2) is 4.98 Å². The molecular weight excluding hydrogens is 432 g/mol. The van der Waals surface area contributed by atoms with Gasteiger partial charge in [-0.2, -0.15) is 0 Å². The fourth-order valence-electron chi connectivity index (χ4n) is 3.89. The summed E-state index contributed by atoms with van der Waals surface area (Å²) in [7, 11) is 0. The number of hydrogen-bond acceptors (Lipinski definition) is 8. The van der Waals surface area contributed by atoms with Crippen molar-refractivity contribution in [2.24, 2.45) is 0 Å². The topological polar surface area (TPSA) is 117 Å². The Bertz CT molecular complexity index is 1070. The minimum absolute atomic E-state index is 0.0184. The van der Waals surface area contributed by atoms with E-state index in [0.29, 0.717) is 34.2 Å². The number of carbonyl (C=O) groups excluding carboxylic acids is 2.